The van der Waals surface area contributed by atoms with Crippen molar-refractivity contribution >= 4 is 31.7 Å². The zero-order valence-corrected chi connectivity index (χ0v) is 13.1. The number of hydrogen-bond acceptors (Lipinski definition) is 3. The monoisotopic (exact) mass is 348 g/mol. The third-order valence-electron chi connectivity index (χ3n) is 2.78. The predicted molar refractivity (Wildman–Crippen MR) is 77.3 cm³/mol. The van der Waals surface area contributed by atoms with Gasteiger partial charge in [-0.25, -0.2) is 13.2 Å². The van der Waals surface area contributed by atoms with Gasteiger partial charge in [-0.05, 0) is 40.5 Å². The smallest absolute Gasteiger partial charge is 0.335 e. The van der Waals surface area contributed by atoms with Crippen molar-refractivity contribution in [3.8, 4) is 0 Å². The van der Waals surface area contributed by atoms with Crippen LogP contribution in [0.1, 0.15) is 43.0 Å². The average molecular weight is 349 g/mol. The lowest BCUT2D eigenvalue weighted by molar-refractivity contribution is 0.0696. The van der Waals surface area contributed by atoms with Crippen molar-refractivity contribution in [3.63, 3.8) is 0 Å². The summed E-state index contributed by atoms with van der Waals surface area (Å²) in [4.78, 5) is 10.9. The molecule has 1 aromatic rings. The van der Waals surface area contributed by atoms with E-state index in [-0.39, 0.29) is 16.2 Å². The fourth-order valence-corrected chi connectivity index (χ4v) is 4.17. The van der Waals surface area contributed by atoms with Gasteiger partial charge in [0.05, 0.1) is 16.2 Å². The molecule has 0 saturated carbocycles. The predicted octanol–water partition coefficient (Wildman–Crippen LogP) is 3.50. The maximum Gasteiger partial charge on any atom is 0.335 e. The Morgan fingerprint density at radius 3 is 2.53 bits per heavy atom. The number of aromatic carboxylic acids is 1. The summed E-state index contributed by atoms with van der Waals surface area (Å²) in [5.41, 5.74) is -0.0182. The standard InChI is InChI=1S/C13H17BrO4S/c1-2-3-4-5-8-19(17,18)12-9-10(13(15)16)6-7-11(12)14/h6-7,9H,2-5,8H2,1H3,(H,15,16). The maximum atomic E-state index is 12.2. The van der Waals surface area contributed by atoms with Crippen LogP contribution in [0.25, 0.3) is 0 Å². The summed E-state index contributed by atoms with van der Waals surface area (Å²) in [5, 5.41) is 8.90. The molecule has 0 radical (unpaired) electrons. The molecule has 0 saturated heterocycles. The highest BCUT2D eigenvalue weighted by Crippen LogP contribution is 2.25. The van der Waals surface area contributed by atoms with Gasteiger partial charge in [-0.1, -0.05) is 26.2 Å². The molecular weight excluding hydrogens is 332 g/mol. The van der Waals surface area contributed by atoms with Gasteiger partial charge in [0.2, 0.25) is 0 Å². The lowest BCUT2D eigenvalue weighted by Gasteiger charge is -2.07. The van der Waals surface area contributed by atoms with Gasteiger partial charge in [0.15, 0.2) is 9.84 Å². The number of carboxylic acid groups (broad SMARTS) is 1. The van der Waals surface area contributed by atoms with Gasteiger partial charge >= 0.3 is 5.97 Å². The van der Waals surface area contributed by atoms with Crippen molar-refractivity contribution in [2.45, 2.75) is 37.5 Å². The van der Waals surface area contributed by atoms with Crippen molar-refractivity contribution < 1.29 is 18.3 Å². The minimum absolute atomic E-state index is 0.0182. The largest absolute Gasteiger partial charge is 0.478 e. The highest BCUT2D eigenvalue weighted by Gasteiger charge is 2.19. The molecule has 106 valence electrons. The van der Waals surface area contributed by atoms with Crippen LogP contribution in [-0.2, 0) is 9.84 Å². The third-order valence-corrected chi connectivity index (χ3v) is 5.57. The van der Waals surface area contributed by atoms with E-state index in [0.717, 1.165) is 19.3 Å². The fraction of sp³-hybridized carbons (Fsp3) is 0.462. The van der Waals surface area contributed by atoms with Crippen LogP contribution in [-0.4, -0.2) is 25.2 Å². The van der Waals surface area contributed by atoms with Crippen LogP contribution in [0.2, 0.25) is 0 Å². The maximum absolute atomic E-state index is 12.2. The molecule has 0 amide bonds. The van der Waals surface area contributed by atoms with Crippen LogP contribution in [0.5, 0.6) is 0 Å². The Bertz CT molecular complexity index is 552. The zero-order valence-electron chi connectivity index (χ0n) is 10.7. The number of unbranched alkanes of at least 4 members (excludes halogenated alkanes) is 3. The number of hydrogen-bond donors (Lipinski definition) is 1. The normalized spacial score (nSPS) is 11.5. The molecule has 19 heavy (non-hydrogen) atoms. The van der Waals surface area contributed by atoms with Crippen molar-refractivity contribution in [1.29, 1.82) is 0 Å². The van der Waals surface area contributed by atoms with Crippen LogP contribution in [0.3, 0.4) is 0 Å². The summed E-state index contributed by atoms with van der Waals surface area (Å²) < 4.78 is 24.7. The lowest BCUT2D eigenvalue weighted by atomic mass is 10.2. The van der Waals surface area contributed by atoms with Gasteiger partial charge in [-0.2, -0.15) is 0 Å². The average Bonchev–Trinajstić information content (AvgIpc) is 2.34. The van der Waals surface area contributed by atoms with E-state index in [4.69, 9.17) is 5.11 Å². The van der Waals surface area contributed by atoms with Gasteiger partial charge in [0.1, 0.15) is 0 Å². The van der Waals surface area contributed by atoms with E-state index in [1.165, 1.54) is 18.2 Å². The van der Waals surface area contributed by atoms with Crippen LogP contribution >= 0.6 is 15.9 Å². The molecule has 0 unspecified atom stereocenters. The summed E-state index contributed by atoms with van der Waals surface area (Å²) in [6.07, 6.45) is 3.51. The molecule has 0 aliphatic carbocycles. The molecule has 6 heteroatoms. The molecule has 0 heterocycles. The van der Waals surface area contributed by atoms with Crippen LogP contribution in [0.4, 0.5) is 0 Å². The molecule has 1 rings (SSSR count). The molecule has 0 spiro atoms. The highest BCUT2D eigenvalue weighted by atomic mass is 79.9. The van der Waals surface area contributed by atoms with Gasteiger partial charge in [-0.15, -0.1) is 0 Å². The minimum atomic E-state index is -3.44. The molecule has 0 aliphatic heterocycles. The number of rotatable bonds is 7. The van der Waals surface area contributed by atoms with Gasteiger partial charge in [0, 0.05) is 4.47 Å². The molecule has 1 aromatic carbocycles. The Labute approximate surface area is 121 Å². The number of benzene rings is 1. The first kappa shape index (κ1) is 16.2. The summed E-state index contributed by atoms with van der Waals surface area (Å²) in [7, 11) is -3.44. The summed E-state index contributed by atoms with van der Waals surface area (Å²) in [6, 6.07) is 4.05. The summed E-state index contributed by atoms with van der Waals surface area (Å²) >= 11 is 3.17. The first-order valence-corrected chi connectivity index (χ1v) is 8.58. The molecule has 0 bridgehead atoms. The molecular formula is C13H17BrO4S. The van der Waals surface area contributed by atoms with Crippen molar-refractivity contribution in [1.82, 2.24) is 0 Å². The Morgan fingerprint density at radius 2 is 1.95 bits per heavy atom. The zero-order chi connectivity index (χ0) is 14.5. The Morgan fingerprint density at radius 1 is 1.26 bits per heavy atom. The highest BCUT2D eigenvalue weighted by molar-refractivity contribution is 9.10. The van der Waals surface area contributed by atoms with E-state index in [2.05, 4.69) is 22.9 Å². The van der Waals surface area contributed by atoms with E-state index in [1.54, 1.807) is 0 Å². The number of halogens is 1. The van der Waals surface area contributed by atoms with E-state index in [0.29, 0.717) is 10.9 Å². The topological polar surface area (TPSA) is 71.4 Å². The van der Waals surface area contributed by atoms with E-state index < -0.39 is 15.8 Å². The Hall–Kier alpha value is -0.880. The number of sulfone groups is 1. The van der Waals surface area contributed by atoms with Crippen LogP contribution < -0.4 is 0 Å². The van der Waals surface area contributed by atoms with Crippen molar-refractivity contribution in [2.24, 2.45) is 0 Å². The summed E-state index contributed by atoms with van der Waals surface area (Å²) in [6.45, 7) is 2.06. The second-order valence-corrected chi connectivity index (χ2v) is 7.26. The Kier molecular flexibility index (Phi) is 6.00. The van der Waals surface area contributed by atoms with Crippen LogP contribution in [0, 0.1) is 0 Å². The second kappa shape index (κ2) is 7.05. The molecule has 1 N–H and O–H groups in total. The van der Waals surface area contributed by atoms with E-state index in [9.17, 15) is 13.2 Å². The van der Waals surface area contributed by atoms with Crippen molar-refractivity contribution in [3.05, 3.63) is 28.2 Å². The van der Waals surface area contributed by atoms with Crippen LogP contribution in [0.15, 0.2) is 27.6 Å². The minimum Gasteiger partial charge on any atom is -0.478 e. The van der Waals surface area contributed by atoms with Crippen molar-refractivity contribution in [2.75, 3.05) is 5.75 Å². The Balaban J connectivity index is 2.94. The summed E-state index contributed by atoms with van der Waals surface area (Å²) in [5.74, 6) is -1.08. The molecule has 0 atom stereocenters. The first-order valence-electron chi connectivity index (χ1n) is 6.14. The molecule has 0 fully saturated rings. The van der Waals surface area contributed by atoms with Gasteiger partial charge in [0.25, 0.3) is 0 Å². The quantitative estimate of drug-likeness (QED) is 0.765. The second-order valence-electron chi connectivity index (χ2n) is 4.33. The number of carbonyl (C=O) groups is 1. The van der Waals surface area contributed by atoms with E-state index >= 15 is 0 Å². The SMILES string of the molecule is CCCCCCS(=O)(=O)c1cc(C(=O)O)ccc1Br. The molecule has 4 nitrogen and oxygen atoms in total. The van der Waals surface area contributed by atoms with Gasteiger partial charge in [-0.3, -0.25) is 0 Å². The van der Waals surface area contributed by atoms with Gasteiger partial charge < -0.3 is 5.11 Å². The first-order chi connectivity index (χ1) is 8.88. The van der Waals surface area contributed by atoms with E-state index in [1.807, 2.05) is 0 Å². The third kappa shape index (κ3) is 4.62. The molecule has 0 aromatic heterocycles. The molecule has 0 aliphatic rings. The fourth-order valence-electron chi connectivity index (χ4n) is 1.70. The number of carboxylic acids is 1. The lowest BCUT2D eigenvalue weighted by Crippen LogP contribution is -2.09.